The summed E-state index contributed by atoms with van der Waals surface area (Å²) in [5.41, 5.74) is 9.34. The number of pyridine rings is 1. The molecule has 0 amide bonds. The second-order valence-corrected chi connectivity index (χ2v) is 6.90. The predicted molar refractivity (Wildman–Crippen MR) is 97.1 cm³/mol. The van der Waals surface area contributed by atoms with E-state index in [0.29, 0.717) is 11.3 Å². The topological polar surface area (TPSA) is 73.8 Å². The molecule has 5 heteroatoms. The number of fused-ring (bicyclic) bond motifs is 2. The Morgan fingerprint density at radius 2 is 2.04 bits per heavy atom. The van der Waals surface area contributed by atoms with Crippen LogP contribution in [0.25, 0.3) is 11.0 Å². The van der Waals surface area contributed by atoms with Crippen molar-refractivity contribution in [3.63, 3.8) is 0 Å². The molecular formula is C19H28N4O. The van der Waals surface area contributed by atoms with Crippen molar-refractivity contribution in [3.05, 3.63) is 17.5 Å². The van der Waals surface area contributed by atoms with Gasteiger partial charge in [-0.25, -0.2) is 9.67 Å². The minimum Gasteiger partial charge on any atom is -0.397 e. The molecule has 0 fully saturated rings. The molecule has 0 radical (unpaired) electrons. The number of unbranched alkanes of at least 4 members (excludes halogenated alkanes) is 3. The van der Waals surface area contributed by atoms with E-state index in [1.807, 2.05) is 4.68 Å². The first-order valence-electron chi connectivity index (χ1n) is 9.35. The fourth-order valence-electron chi connectivity index (χ4n) is 3.66. The van der Waals surface area contributed by atoms with E-state index in [2.05, 4.69) is 18.9 Å². The highest BCUT2D eigenvalue weighted by atomic mass is 16.1. The zero-order valence-electron chi connectivity index (χ0n) is 14.8. The van der Waals surface area contributed by atoms with E-state index in [0.717, 1.165) is 61.8 Å². The number of nitrogens with zero attached hydrogens (tertiary/aromatic N) is 3. The second kappa shape index (κ2) is 7.32. The maximum atomic E-state index is 12.9. The van der Waals surface area contributed by atoms with E-state index in [1.165, 1.54) is 12.8 Å². The highest BCUT2D eigenvalue weighted by Crippen LogP contribution is 2.35. The van der Waals surface area contributed by atoms with Gasteiger partial charge in [-0.15, -0.1) is 0 Å². The van der Waals surface area contributed by atoms with Gasteiger partial charge in [0.05, 0.1) is 28.5 Å². The molecule has 1 atom stereocenters. The summed E-state index contributed by atoms with van der Waals surface area (Å²) >= 11 is 0. The van der Waals surface area contributed by atoms with Gasteiger partial charge in [0.1, 0.15) is 0 Å². The lowest BCUT2D eigenvalue weighted by molar-refractivity contribution is 0.0893. The third-order valence-corrected chi connectivity index (χ3v) is 5.13. The number of carbonyl (C=O) groups excluding carboxylic acids is 1. The SMILES string of the molecule is CCCCCn1ncc2c(N)c3c(nc21)CCC(CCCC)C3=O. The number of carbonyl (C=O) groups is 1. The third-order valence-electron chi connectivity index (χ3n) is 5.13. The maximum absolute atomic E-state index is 12.9. The van der Waals surface area contributed by atoms with Gasteiger partial charge in [0, 0.05) is 12.5 Å². The van der Waals surface area contributed by atoms with Crippen molar-refractivity contribution in [3.8, 4) is 0 Å². The van der Waals surface area contributed by atoms with Crippen molar-refractivity contribution in [1.29, 1.82) is 0 Å². The van der Waals surface area contributed by atoms with Gasteiger partial charge < -0.3 is 5.73 Å². The lowest BCUT2D eigenvalue weighted by Gasteiger charge is -2.24. The molecular weight excluding hydrogens is 300 g/mol. The van der Waals surface area contributed by atoms with Crippen molar-refractivity contribution in [2.45, 2.75) is 71.8 Å². The van der Waals surface area contributed by atoms with Crippen LogP contribution in [0.15, 0.2) is 6.20 Å². The summed E-state index contributed by atoms with van der Waals surface area (Å²) in [5.74, 6) is 0.300. The highest BCUT2D eigenvalue weighted by molar-refractivity contribution is 6.09. The minimum atomic E-state index is 0.110. The fourth-order valence-corrected chi connectivity index (χ4v) is 3.66. The second-order valence-electron chi connectivity index (χ2n) is 6.90. The van der Waals surface area contributed by atoms with Crippen LogP contribution in [0.1, 0.15) is 74.8 Å². The van der Waals surface area contributed by atoms with Gasteiger partial charge in [0.2, 0.25) is 0 Å². The number of hydrogen-bond donors (Lipinski definition) is 1. The average molecular weight is 328 g/mol. The van der Waals surface area contributed by atoms with Crippen LogP contribution in [0.2, 0.25) is 0 Å². The molecule has 2 aromatic rings. The molecule has 2 N–H and O–H groups in total. The first-order valence-corrected chi connectivity index (χ1v) is 9.35. The van der Waals surface area contributed by atoms with E-state index < -0.39 is 0 Å². The molecule has 0 saturated carbocycles. The monoisotopic (exact) mass is 328 g/mol. The summed E-state index contributed by atoms with van der Waals surface area (Å²) in [4.78, 5) is 17.6. The van der Waals surface area contributed by atoms with Crippen molar-refractivity contribution in [2.24, 2.45) is 5.92 Å². The number of aromatic nitrogens is 3. The maximum Gasteiger partial charge on any atom is 0.169 e. The molecule has 2 heterocycles. The Bertz CT molecular complexity index is 735. The number of nitrogens with two attached hydrogens (primary N) is 1. The fraction of sp³-hybridized carbons (Fsp3) is 0.632. The van der Waals surface area contributed by atoms with Crippen molar-refractivity contribution >= 4 is 22.5 Å². The lowest BCUT2D eigenvalue weighted by atomic mass is 9.81. The van der Waals surface area contributed by atoms with Crippen molar-refractivity contribution in [1.82, 2.24) is 14.8 Å². The van der Waals surface area contributed by atoms with Gasteiger partial charge in [-0.1, -0.05) is 39.5 Å². The number of hydrogen-bond acceptors (Lipinski definition) is 4. The van der Waals surface area contributed by atoms with E-state index in [1.54, 1.807) is 6.20 Å². The van der Waals surface area contributed by atoms with Gasteiger partial charge in [0.15, 0.2) is 11.4 Å². The average Bonchev–Trinajstić information content (AvgIpc) is 2.98. The number of aryl methyl sites for hydroxylation is 2. The zero-order valence-corrected chi connectivity index (χ0v) is 14.8. The molecule has 1 aliphatic carbocycles. The van der Waals surface area contributed by atoms with E-state index in [4.69, 9.17) is 10.7 Å². The third kappa shape index (κ3) is 3.04. The first-order chi connectivity index (χ1) is 11.7. The van der Waals surface area contributed by atoms with Gasteiger partial charge >= 0.3 is 0 Å². The number of nitrogen functional groups attached to an aromatic ring is 1. The molecule has 1 aliphatic rings. The Balaban J connectivity index is 1.94. The van der Waals surface area contributed by atoms with Crippen molar-refractivity contribution in [2.75, 3.05) is 5.73 Å². The molecule has 0 spiro atoms. The standard InChI is InChI=1S/C19H28N4O/c1-3-5-7-11-23-19-14(12-21-23)17(20)16-15(22-19)10-9-13(18(16)24)8-6-4-2/h12-13H,3-11H2,1-2H3,(H2,20,22). The van der Waals surface area contributed by atoms with Crippen LogP contribution in [0.3, 0.4) is 0 Å². The van der Waals surface area contributed by atoms with E-state index >= 15 is 0 Å². The number of ketones is 1. The molecule has 130 valence electrons. The molecule has 24 heavy (non-hydrogen) atoms. The Kier molecular flexibility index (Phi) is 5.17. The Morgan fingerprint density at radius 3 is 2.79 bits per heavy atom. The Labute approximate surface area is 143 Å². The minimum absolute atomic E-state index is 0.110. The lowest BCUT2D eigenvalue weighted by Crippen LogP contribution is -2.25. The van der Waals surface area contributed by atoms with Gasteiger partial charge in [-0.3, -0.25) is 4.79 Å². The molecule has 0 aromatic carbocycles. The summed E-state index contributed by atoms with van der Waals surface area (Å²) in [6, 6.07) is 0. The summed E-state index contributed by atoms with van der Waals surface area (Å²) in [5, 5.41) is 5.28. The summed E-state index contributed by atoms with van der Waals surface area (Å²) in [7, 11) is 0. The normalized spacial score (nSPS) is 17.4. The number of anilines is 1. The van der Waals surface area contributed by atoms with Gasteiger partial charge in [0.25, 0.3) is 0 Å². The van der Waals surface area contributed by atoms with Crippen LogP contribution in [0, 0.1) is 5.92 Å². The van der Waals surface area contributed by atoms with Crippen molar-refractivity contribution < 1.29 is 4.79 Å². The van der Waals surface area contributed by atoms with Crippen LogP contribution in [0.4, 0.5) is 5.69 Å². The Morgan fingerprint density at radius 1 is 1.25 bits per heavy atom. The molecule has 0 aliphatic heterocycles. The molecule has 0 saturated heterocycles. The van der Waals surface area contributed by atoms with Crippen LogP contribution in [-0.4, -0.2) is 20.5 Å². The predicted octanol–water partition coefficient (Wildman–Crippen LogP) is 4.14. The van der Waals surface area contributed by atoms with Crippen LogP contribution >= 0.6 is 0 Å². The van der Waals surface area contributed by atoms with Crippen LogP contribution in [-0.2, 0) is 13.0 Å². The van der Waals surface area contributed by atoms with Crippen LogP contribution in [0.5, 0.6) is 0 Å². The summed E-state index contributed by atoms with van der Waals surface area (Å²) in [6.45, 7) is 5.21. The first kappa shape index (κ1) is 16.9. The number of rotatable bonds is 7. The molecule has 1 unspecified atom stereocenters. The van der Waals surface area contributed by atoms with Crippen LogP contribution < -0.4 is 5.73 Å². The molecule has 3 rings (SSSR count). The highest BCUT2D eigenvalue weighted by Gasteiger charge is 2.31. The number of Topliss-reactive ketones (excluding diaryl/α,β-unsaturated/α-hetero) is 1. The Hall–Kier alpha value is -1.91. The smallest absolute Gasteiger partial charge is 0.169 e. The van der Waals surface area contributed by atoms with Gasteiger partial charge in [-0.05, 0) is 25.7 Å². The van der Waals surface area contributed by atoms with E-state index in [-0.39, 0.29) is 11.7 Å². The molecule has 5 nitrogen and oxygen atoms in total. The zero-order chi connectivity index (χ0) is 17.1. The molecule has 0 bridgehead atoms. The van der Waals surface area contributed by atoms with Gasteiger partial charge in [-0.2, -0.15) is 5.10 Å². The summed E-state index contributed by atoms with van der Waals surface area (Å²) < 4.78 is 1.94. The largest absolute Gasteiger partial charge is 0.397 e. The van der Waals surface area contributed by atoms with E-state index in [9.17, 15) is 4.79 Å². The summed E-state index contributed by atoms with van der Waals surface area (Å²) in [6.07, 6.45) is 10.1. The quantitative estimate of drug-likeness (QED) is 0.775. The molecule has 2 aromatic heterocycles.